The molecule has 0 aromatic heterocycles. The van der Waals surface area contributed by atoms with Gasteiger partial charge in [-0.05, 0) is 31.0 Å². The summed E-state index contributed by atoms with van der Waals surface area (Å²) in [4.78, 5) is 6.61. The molecule has 108 valence electrons. The molecule has 0 spiro atoms. The molecular weight excluding hydrogens is 274 g/mol. The van der Waals surface area contributed by atoms with E-state index in [1.807, 2.05) is 23.1 Å². The fraction of sp³-hybridized carbons (Fsp3) is 0.467. The fourth-order valence-corrected chi connectivity index (χ4v) is 2.46. The summed E-state index contributed by atoms with van der Waals surface area (Å²) in [5.74, 6) is 0. The van der Waals surface area contributed by atoms with E-state index in [2.05, 4.69) is 18.8 Å². The van der Waals surface area contributed by atoms with Crippen LogP contribution in [0.4, 0.5) is 5.69 Å². The molecule has 0 fully saturated rings. The molecule has 0 saturated carbocycles. The van der Waals surface area contributed by atoms with E-state index in [9.17, 15) is 0 Å². The molecule has 1 aromatic rings. The zero-order chi connectivity index (χ0) is 14.5. The molecule has 0 bridgehead atoms. The largest absolute Gasteiger partial charge is 0.465 e. The van der Waals surface area contributed by atoms with Crippen molar-refractivity contribution in [3.8, 4) is 0 Å². The third kappa shape index (κ3) is 2.96. The molecule has 5 heteroatoms. The Morgan fingerprint density at radius 3 is 2.85 bits per heavy atom. The monoisotopic (exact) mass is 293 g/mol. The number of benzene rings is 1. The van der Waals surface area contributed by atoms with E-state index in [4.69, 9.17) is 21.7 Å². The maximum atomic E-state index is 7.75. The molecule has 1 N–H and O–H groups in total. The van der Waals surface area contributed by atoms with Gasteiger partial charge in [-0.15, -0.1) is 0 Å². The quantitative estimate of drug-likeness (QED) is 0.828. The van der Waals surface area contributed by atoms with E-state index in [1.165, 1.54) is 6.21 Å². The van der Waals surface area contributed by atoms with Crippen molar-refractivity contribution in [1.82, 2.24) is 4.90 Å². The van der Waals surface area contributed by atoms with Crippen molar-refractivity contribution in [3.05, 3.63) is 28.8 Å². The van der Waals surface area contributed by atoms with Crippen LogP contribution in [0.5, 0.6) is 0 Å². The first kappa shape index (κ1) is 14.9. The maximum Gasteiger partial charge on any atom is 0.293 e. The van der Waals surface area contributed by atoms with Gasteiger partial charge in [-0.25, -0.2) is 0 Å². The average Bonchev–Trinajstić information content (AvgIpc) is 2.45. The second-order valence-corrected chi connectivity index (χ2v) is 5.19. The predicted octanol–water partition coefficient (Wildman–Crippen LogP) is 4.17. The number of amidine groups is 1. The van der Waals surface area contributed by atoms with Crippen LogP contribution < -0.4 is 0 Å². The highest BCUT2D eigenvalue weighted by molar-refractivity contribution is 6.30. The molecule has 0 radical (unpaired) electrons. The molecule has 1 atom stereocenters. The summed E-state index contributed by atoms with van der Waals surface area (Å²) in [7, 11) is 0. The summed E-state index contributed by atoms with van der Waals surface area (Å²) < 4.78 is 5.76. The molecule has 20 heavy (non-hydrogen) atoms. The number of halogens is 1. The Morgan fingerprint density at radius 1 is 1.40 bits per heavy atom. The Hall–Kier alpha value is -1.55. The number of hydrogen-bond acceptors (Lipinski definition) is 4. The lowest BCUT2D eigenvalue weighted by Crippen LogP contribution is -2.40. The maximum absolute atomic E-state index is 7.75. The van der Waals surface area contributed by atoms with Gasteiger partial charge in [0.05, 0.1) is 18.3 Å². The third-order valence-electron chi connectivity index (χ3n) is 3.16. The van der Waals surface area contributed by atoms with Crippen molar-refractivity contribution < 1.29 is 4.74 Å². The van der Waals surface area contributed by atoms with Crippen molar-refractivity contribution in [2.24, 2.45) is 4.99 Å². The van der Waals surface area contributed by atoms with E-state index in [1.54, 1.807) is 0 Å². The van der Waals surface area contributed by atoms with Crippen molar-refractivity contribution >= 4 is 29.5 Å². The van der Waals surface area contributed by atoms with Crippen LogP contribution in [0.3, 0.4) is 0 Å². The zero-order valence-electron chi connectivity index (χ0n) is 11.9. The minimum absolute atomic E-state index is 0.159. The SMILES string of the molecule is CCCOC1=Nc2ccc(Cl)cc2C(C=N)N1CCC. The van der Waals surface area contributed by atoms with Gasteiger partial charge in [0.1, 0.15) is 0 Å². The number of nitrogens with zero attached hydrogens (tertiary/aromatic N) is 2. The molecule has 1 heterocycles. The highest BCUT2D eigenvalue weighted by atomic mass is 35.5. The van der Waals surface area contributed by atoms with Crippen LogP contribution in [0.1, 0.15) is 38.3 Å². The lowest BCUT2D eigenvalue weighted by Gasteiger charge is -2.35. The Morgan fingerprint density at radius 2 is 2.20 bits per heavy atom. The summed E-state index contributed by atoms with van der Waals surface area (Å²) in [5.41, 5.74) is 1.80. The van der Waals surface area contributed by atoms with Crippen LogP contribution in [-0.4, -0.2) is 30.3 Å². The third-order valence-corrected chi connectivity index (χ3v) is 3.40. The smallest absolute Gasteiger partial charge is 0.293 e. The lowest BCUT2D eigenvalue weighted by atomic mass is 10.0. The average molecular weight is 294 g/mol. The van der Waals surface area contributed by atoms with Crippen LogP contribution in [0.25, 0.3) is 0 Å². The second-order valence-electron chi connectivity index (χ2n) is 4.75. The molecule has 4 nitrogen and oxygen atoms in total. The van der Waals surface area contributed by atoms with Gasteiger partial charge in [0.25, 0.3) is 6.02 Å². The molecule has 0 aliphatic carbocycles. The van der Waals surface area contributed by atoms with E-state index in [0.29, 0.717) is 17.7 Å². The van der Waals surface area contributed by atoms with E-state index in [0.717, 1.165) is 30.6 Å². The first-order valence-corrected chi connectivity index (χ1v) is 7.37. The van der Waals surface area contributed by atoms with Gasteiger partial charge >= 0.3 is 0 Å². The topological polar surface area (TPSA) is 48.7 Å². The van der Waals surface area contributed by atoms with Crippen LogP contribution in [0.15, 0.2) is 23.2 Å². The zero-order valence-corrected chi connectivity index (χ0v) is 12.7. The predicted molar refractivity (Wildman–Crippen MR) is 83.3 cm³/mol. The van der Waals surface area contributed by atoms with E-state index in [-0.39, 0.29) is 6.04 Å². The number of hydrogen-bond donors (Lipinski definition) is 1. The number of fused-ring (bicyclic) bond motifs is 1. The minimum atomic E-state index is -0.159. The molecule has 1 unspecified atom stereocenters. The van der Waals surface area contributed by atoms with Gasteiger partial charge in [-0.3, -0.25) is 0 Å². The molecule has 0 amide bonds. The fourth-order valence-electron chi connectivity index (χ4n) is 2.28. The van der Waals surface area contributed by atoms with Crippen LogP contribution in [0, 0.1) is 5.41 Å². The highest BCUT2D eigenvalue weighted by Gasteiger charge is 2.29. The summed E-state index contributed by atoms with van der Waals surface area (Å²) >= 11 is 6.07. The summed E-state index contributed by atoms with van der Waals surface area (Å²) in [5, 5.41) is 8.42. The number of ether oxygens (including phenoxy) is 1. The van der Waals surface area contributed by atoms with Crippen LogP contribution >= 0.6 is 11.6 Å². The van der Waals surface area contributed by atoms with Gasteiger partial charge in [0.15, 0.2) is 0 Å². The summed E-state index contributed by atoms with van der Waals surface area (Å²) in [6, 6.07) is 6.03. The van der Waals surface area contributed by atoms with Gasteiger partial charge in [-0.1, -0.05) is 25.4 Å². The summed E-state index contributed by atoms with van der Waals surface area (Å²) in [6.45, 7) is 5.60. The van der Waals surface area contributed by atoms with Crippen molar-refractivity contribution in [1.29, 1.82) is 5.41 Å². The van der Waals surface area contributed by atoms with Gasteiger partial charge in [-0.2, -0.15) is 4.99 Å². The molecule has 2 rings (SSSR count). The molecule has 1 aromatic carbocycles. The number of nitrogens with one attached hydrogen (secondary N) is 1. The molecule has 1 aliphatic rings. The second kappa shape index (κ2) is 6.75. The van der Waals surface area contributed by atoms with Gasteiger partial charge < -0.3 is 15.0 Å². The van der Waals surface area contributed by atoms with Gasteiger partial charge in [0.2, 0.25) is 0 Å². The molecule has 0 saturated heterocycles. The summed E-state index contributed by atoms with van der Waals surface area (Å²) in [6.07, 6.45) is 3.32. The Kier molecular flexibility index (Phi) is 5.01. The van der Waals surface area contributed by atoms with Gasteiger partial charge in [0, 0.05) is 23.3 Å². The van der Waals surface area contributed by atoms with Crippen LogP contribution in [-0.2, 0) is 4.74 Å². The Labute approximate surface area is 124 Å². The molecular formula is C15H20ClN3O. The van der Waals surface area contributed by atoms with Crippen molar-refractivity contribution in [2.45, 2.75) is 32.7 Å². The Balaban J connectivity index is 2.43. The lowest BCUT2D eigenvalue weighted by molar-refractivity contribution is 0.216. The first-order chi connectivity index (χ1) is 9.71. The van der Waals surface area contributed by atoms with Crippen molar-refractivity contribution in [2.75, 3.05) is 13.2 Å². The minimum Gasteiger partial charge on any atom is -0.465 e. The van der Waals surface area contributed by atoms with Crippen LogP contribution in [0.2, 0.25) is 5.02 Å². The molecule has 1 aliphatic heterocycles. The number of rotatable bonds is 5. The van der Waals surface area contributed by atoms with E-state index < -0.39 is 0 Å². The normalized spacial score (nSPS) is 17.4. The van der Waals surface area contributed by atoms with Crippen molar-refractivity contribution in [3.63, 3.8) is 0 Å². The first-order valence-electron chi connectivity index (χ1n) is 6.99. The Bertz CT molecular complexity index is 516. The highest BCUT2D eigenvalue weighted by Crippen LogP contribution is 2.35. The van der Waals surface area contributed by atoms with E-state index >= 15 is 0 Å². The standard InChI is InChI=1S/C15H20ClN3O/c1-3-7-19-14(10-17)12-9-11(16)5-6-13(12)18-15(19)20-8-4-2/h5-6,9-10,14,17H,3-4,7-8H2,1-2H3. The number of aliphatic imine (C=N–C) groups is 1.